The van der Waals surface area contributed by atoms with Crippen molar-refractivity contribution in [2.45, 2.75) is 6.92 Å². The molecular weight excluding hydrogens is 418 g/mol. The molecule has 0 saturated carbocycles. The molecule has 0 aliphatic carbocycles. The third-order valence-corrected chi connectivity index (χ3v) is 6.10. The first kappa shape index (κ1) is 21.0. The van der Waals surface area contributed by atoms with Gasteiger partial charge in [-0.15, -0.1) is 0 Å². The van der Waals surface area contributed by atoms with Crippen molar-refractivity contribution in [3.05, 3.63) is 52.1 Å². The van der Waals surface area contributed by atoms with Crippen molar-refractivity contribution in [3.63, 3.8) is 0 Å². The number of fused-ring (bicyclic) bond motifs is 1. The van der Waals surface area contributed by atoms with Crippen LogP contribution in [-0.2, 0) is 0 Å². The molecule has 3 aromatic rings. The highest BCUT2D eigenvalue weighted by molar-refractivity contribution is 7.22. The Morgan fingerprint density at radius 1 is 1.23 bits per heavy atom. The number of nitrogens with zero attached hydrogens (tertiary/aromatic N) is 4. The van der Waals surface area contributed by atoms with Crippen LogP contribution in [0.15, 0.2) is 36.4 Å². The molecule has 0 atom stereocenters. The van der Waals surface area contributed by atoms with Gasteiger partial charge in [0, 0.05) is 37.8 Å². The summed E-state index contributed by atoms with van der Waals surface area (Å²) < 4.78 is 6.38. The predicted molar refractivity (Wildman–Crippen MR) is 122 cm³/mol. The van der Waals surface area contributed by atoms with Crippen molar-refractivity contribution in [3.8, 4) is 5.75 Å². The van der Waals surface area contributed by atoms with Gasteiger partial charge in [-0.3, -0.25) is 20.2 Å². The summed E-state index contributed by atoms with van der Waals surface area (Å²) in [6.07, 6.45) is 0. The minimum absolute atomic E-state index is 0.0668. The Morgan fingerprint density at radius 2 is 2.00 bits per heavy atom. The highest BCUT2D eigenvalue weighted by atomic mass is 32.1. The fourth-order valence-corrected chi connectivity index (χ4v) is 4.40. The third-order valence-electron chi connectivity index (χ3n) is 5.17. The van der Waals surface area contributed by atoms with E-state index in [0.717, 1.165) is 29.1 Å². The topological polar surface area (TPSA) is 101 Å². The molecule has 2 heterocycles. The minimum Gasteiger partial charge on any atom is -0.494 e. The third kappa shape index (κ3) is 4.59. The number of ether oxygens (including phenoxy) is 1. The lowest BCUT2D eigenvalue weighted by atomic mass is 10.1. The molecule has 1 aromatic heterocycles. The second-order valence-electron chi connectivity index (χ2n) is 7.29. The van der Waals surface area contributed by atoms with Gasteiger partial charge < -0.3 is 14.5 Å². The number of nitro groups is 1. The van der Waals surface area contributed by atoms with Crippen LogP contribution < -0.4 is 15.0 Å². The van der Waals surface area contributed by atoms with E-state index in [-0.39, 0.29) is 11.3 Å². The Kier molecular flexibility index (Phi) is 6.01. The number of piperazine rings is 1. The molecule has 1 aliphatic heterocycles. The first-order chi connectivity index (χ1) is 14.9. The molecule has 4 rings (SSSR count). The first-order valence-corrected chi connectivity index (χ1v) is 10.8. The molecule has 0 bridgehead atoms. The van der Waals surface area contributed by atoms with Crippen LogP contribution in [-0.4, -0.2) is 60.5 Å². The van der Waals surface area contributed by atoms with Crippen LogP contribution in [0.4, 0.5) is 16.5 Å². The predicted octanol–water partition coefficient (Wildman–Crippen LogP) is 3.61. The molecule has 0 radical (unpaired) electrons. The molecule has 1 N–H and O–H groups in total. The summed E-state index contributed by atoms with van der Waals surface area (Å²) in [7, 11) is 2.03. The second-order valence-corrected chi connectivity index (χ2v) is 8.32. The van der Waals surface area contributed by atoms with Crippen LogP contribution in [0.3, 0.4) is 0 Å². The smallest absolute Gasteiger partial charge is 0.293 e. The van der Waals surface area contributed by atoms with Crippen LogP contribution in [0.5, 0.6) is 5.75 Å². The summed E-state index contributed by atoms with van der Waals surface area (Å²) in [5.74, 6) is 0.309. The van der Waals surface area contributed by atoms with E-state index >= 15 is 0 Å². The van der Waals surface area contributed by atoms with Gasteiger partial charge in [0.25, 0.3) is 11.6 Å². The average Bonchev–Trinajstić information content (AvgIpc) is 3.15. The Morgan fingerprint density at radius 3 is 2.71 bits per heavy atom. The lowest BCUT2D eigenvalue weighted by Gasteiger charge is -2.33. The SMILES string of the molecule is CCOc1ccc2nc(NC(=O)c3ccc(N4CCN(C)CC4)c([N+](=O)[O-])c3)sc2c1. The van der Waals surface area contributed by atoms with Crippen molar-refractivity contribution in [2.24, 2.45) is 0 Å². The zero-order valence-corrected chi connectivity index (χ0v) is 18.1. The number of likely N-dealkylation sites (N-methyl/N-ethyl adjacent to an activating group) is 1. The number of amides is 1. The standard InChI is InChI=1S/C21H23N5O4S/c1-3-30-15-5-6-16-19(13-15)31-21(22-16)23-20(27)14-4-7-17(18(12-14)26(28)29)25-10-8-24(2)9-11-25/h4-7,12-13H,3,8-11H2,1-2H3,(H,22,23,27). The number of hydrogen-bond acceptors (Lipinski definition) is 8. The first-order valence-electron chi connectivity index (χ1n) is 10.0. The molecule has 162 valence electrons. The Bertz CT molecular complexity index is 1120. The second kappa shape index (κ2) is 8.86. The number of carbonyl (C=O) groups is 1. The van der Waals surface area contributed by atoms with E-state index in [4.69, 9.17) is 4.74 Å². The van der Waals surface area contributed by atoms with E-state index in [1.54, 1.807) is 12.1 Å². The van der Waals surface area contributed by atoms with Gasteiger partial charge in [0.15, 0.2) is 5.13 Å². The van der Waals surface area contributed by atoms with Crippen molar-refractivity contribution in [1.82, 2.24) is 9.88 Å². The van der Waals surface area contributed by atoms with Crippen molar-refractivity contribution >= 4 is 44.0 Å². The van der Waals surface area contributed by atoms with Gasteiger partial charge in [0.05, 0.1) is 21.7 Å². The van der Waals surface area contributed by atoms with Gasteiger partial charge >= 0.3 is 0 Å². The zero-order valence-electron chi connectivity index (χ0n) is 17.3. The van der Waals surface area contributed by atoms with Crippen LogP contribution in [0.2, 0.25) is 0 Å². The van der Waals surface area contributed by atoms with E-state index in [1.165, 1.54) is 17.4 Å². The fourth-order valence-electron chi connectivity index (χ4n) is 3.51. The number of nitrogens with one attached hydrogen (secondary N) is 1. The summed E-state index contributed by atoms with van der Waals surface area (Å²) in [4.78, 5) is 32.6. The molecular formula is C21H23N5O4S. The molecule has 9 nitrogen and oxygen atoms in total. The van der Waals surface area contributed by atoms with Crippen LogP contribution in [0.1, 0.15) is 17.3 Å². The van der Waals surface area contributed by atoms with E-state index in [0.29, 0.717) is 30.5 Å². The summed E-state index contributed by atoms with van der Waals surface area (Å²) >= 11 is 1.33. The van der Waals surface area contributed by atoms with Crippen LogP contribution >= 0.6 is 11.3 Å². The van der Waals surface area contributed by atoms with E-state index < -0.39 is 10.8 Å². The molecule has 0 spiro atoms. The summed E-state index contributed by atoms with van der Waals surface area (Å²) in [6, 6.07) is 10.2. The maximum atomic E-state index is 12.8. The zero-order chi connectivity index (χ0) is 22.0. The van der Waals surface area contributed by atoms with Crippen molar-refractivity contribution in [1.29, 1.82) is 0 Å². The van der Waals surface area contributed by atoms with Crippen LogP contribution in [0.25, 0.3) is 10.2 Å². The molecule has 2 aromatic carbocycles. The number of aromatic nitrogens is 1. The van der Waals surface area contributed by atoms with Gasteiger partial charge in [0.1, 0.15) is 11.4 Å². The normalized spacial score (nSPS) is 14.6. The molecule has 1 amide bonds. The van der Waals surface area contributed by atoms with Gasteiger partial charge in [-0.25, -0.2) is 4.98 Å². The van der Waals surface area contributed by atoms with Gasteiger partial charge in [0.2, 0.25) is 0 Å². The van der Waals surface area contributed by atoms with Crippen LogP contribution in [0, 0.1) is 10.1 Å². The number of thiazole rings is 1. The fraction of sp³-hybridized carbons (Fsp3) is 0.333. The summed E-state index contributed by atoms with van der Waals surface area (Å²) in [5, 5.41) is 14.9. The van der Waals surface area contributed by atoms with Crippen molar-refractivity contribution in [2.75, 3.05) is 50.1 Å². The number of benzene rings is 2. The summed E-state index contributed by atoms with van der Waals surface area (Å²) in [6.45, 7) is 5.56. The number of hydrogen-bond donors (Lipinski definition) is 1. The van der Waals surface area contributed by atoms with E-state index in [9.17, 15) is 14.9 Å². The molecule has 10 heteroatoms. The van der Waals surface area contributed by atoms with Gasteiger partial charge in [-0.05, 0) is 44.3 Å². The Labute approximate surface area is 183 Å². The molecule has 31 heavy (non-hydrogen) atoms. The number of carbonyl (C=O) groups excluding carboxylic acids is 1. The molecule has 1 saturated heterocycles. The van der Waals surface area contributed by atoms with E-state index in [2.05, 4.69) is 15.2 Å². The average molecular weight is 442 g/mol. The maximum Gasteiger partial charge on any atom is 0.293 e. The minimum atomic E-state index is -0.433. The lowest BCUT2D eigenvalue weighted by Crippen LogP contribution is -2.44. The Balaban J connectivity index is 1.55. The molecule has 1 fully saturated rings. The lowest BCUT2D eigenvalue weighted by molar-refractivity contribution is -0.384. The van der Waals surface area contributed by atoms with Gasteiger partial charge in [-0.2, -0.15) is 0 Å². The summed E-state index contributed by atoms with van der Waals surface area (Å²) in [5.41, 5.74) is 1.44. The monoisotopic (exact) mass is 441 g/mol. The molecule has 0 unspecified atom stereocenters. The largest absolute Gasteiger partial charge is 0.494 e. The number of nitro benzene ring substituents is 1. The highest BCUT2D eigenvalue weighted by Gasteiger charge is 2.24. The number of anilines is 2. The quantitative estimate of drug-likeness (QED) is 0.461. The van der Waals surface area contributed by atoms with Gasteiger partial charge in [-0.1, -0.05) is 11.3 Å². The van der Waals surface area contributed by atoms with E-state index in [1.807, 2.05) is 37.1 Å². The maximum absolute atomic E-state index is 12.8. The molecule has 1 aliphatic rings. The number of rotatable bonds is 6. The Hall–Kier alpha value is -3.24. The van der Waals surface area contributed by atoms with Crippen molar-refractivity contribution < 1.29 is 14.5 Å². The highest BCUT2D eigenvalue weighted by Crippen LogP contribution is 2.32.